The van der Waals surface area contributed by atoms with Gasteiger partial charge in [-0.3, -0.25) is 9.48 Å². The second-order valence-electron chi connectivity index (χ2n) is 5.64. The molecule has 3 rings (SSSR count). The van der Waals surface area contributed by atoms with E-state index in [0.717, 1.165) is 21.5 Å². The van der Waals surface area contributed by atoms with Gasteiger partial charge in [0.15, 0.2) is 0 Å². The van der Waals surface area contributed by atoms with Gasteiger partial charge in [-0.05, 0) is 52.7 Å². The van der Waals surface area contributed by atoms with Crippen molar-refractivity contribution in [3.8, 4) is 5.75 Å². The van der Waals surface area contributed by atoms with Crippen molar-refractivity contribution in [1.29, 1.82) is 0 Å². The molecule has 3 aromatic rings. The molecule has 1 amide bonds. The normalized spacial score (nSPS) is 10.5. The first-order valence-electron chi connectivity index (χ1n) is 7.81. The van der Waals surface area contributed by atoms with Crippen LogP contribution >= 0.6 is 15.9 Å². The number of halogens is 1. The summed E-state index contributed by atoms with van der Waals surface area (Å²) in [4.78, 5) is 12.5. The highest BCUT2D eigenvalue weighted by Gasteiger charge is 2.11. The quantitative estimate of drug-likeness (QED) is 0.694. The SMILES string of the molecule is Cc1c(NC(=O)c2cccc(COc3ccccc3Br)c2)cnn1C. The van der Waals surface area contributed by atoms with Crippen LogP contribution in [0.1, 0.15) is 21.6 Å². The summed E-state index contributed by atoms with van der Waals surface area (Å²) in [5, 5.41) is 7.02. The Kier molecular flexibility index (Phi) is 5.19. The maximum absolute atomic E-state index is 12.5. The van der Waals surface area contributed by atoms with Crippen LogP contribution in [-0.2, 0) is 13.7 Å². The first-order chi connectivity index (χ1) is 12.0. The Balaban J connectivity index is 1.69. The summed E-state index contributed by atoms with van der Waals surface area (Å²) in [7, 11) is 1.84. The standard InChI is InChI=1S/C19H18BrN3O2/c1-13-17(11-21-23(13)2)22-19(24)15-7-5-6-14(10-15)12-25-18-9-4-3-8-16(18)20/h3-11H,12H2,1-2H3,(H,22,24). The van der Waals surface area contributed by atoms with Gasteiger partial charge in [0.25, 0.3) is 5.91 Å². The number of nitrogens with zero attached hydrogens (tertiary/aromatic N) is 2. The minimum absolute atomic E-state index is 0.168. The van der Waals surface area contributed by atoms with Crippen LogP contribution in [0.5, 0.6) is 5.75 Å². The lowest BCUT2D eigenvalue weighted by Gasteiger charge is -2.09. The fraction of sp³-hybridized carbons (Fsp3) is 0.158. The van der Waals surface area contributed by atoms with E-state index in [1.54, 1.807) is 16.9 Å². The average molecular weight is 400 g/mol. The molecule has 0 atom stereocenters. The maximum atomic E-state index is 12.5. The number of carbonyl (C=O) groups is 1. The van der Waals surface area contributed by atoms with Crippen molar-refractivity contribution in [1.82, 2.24) is 9.78 Å². The van der Waals surface area contributed by atoms with E-state index in [2.05, 4.69) is 26.3 Å². The van der Waals surface area contributed by atoms with E-state index >= 15 is 0 Å². The monoisotopic (exact) mass is 399 g/mol. The van der Waals surface area contributed by atoms with E-state index < -0.39 is 0 Å². The molecular weight excluding hydrogens is 382 g/mol. The molecule has 128 valence electrons. The highest BCUT2D eigenvalue weighted by molar-refractivity contribution is 9.10. The number of ether oxygens (including phenoxy) is 1. The van der Waals surface area contributed by atoms with E-state index in [1.165, 1.54) is 0 Å². The summed E-state index contributed by atoms with van der Waals surface area (Å²) in [5.41, 5.74) is 3.12. The number of hydrogen-bond acceptors (Lipinski definition) is 3. The number of nitrogens with one attached hydrogen (secondary N) is 1. The molecule has 0 aliphatic rings. The van der Waals surface area contributed by atoms with Crippen molar-refractivity contribution in [3.05, 3.63) is 76.0 Å². The summed E-state index contributed by atoms with van der Waals surface area (Å²) in [6.07, 6.45) is 1.65. The molecule has 5 nitrogen and oxygen atoms in total. The molecular formula is C19H18BrN3O2. The third kappa shape index (κ3) is 4.09. The summed E-state index contributed by atoms with van der Waals surface area (Å²) in [6, 6.07) is 15.1. The third-order valence-corrected chi connectivity index (χ3v) is 4.56. The Hall–Kier alpha value is -2.60. The zero-order valence-corrected chi connectivity index (χ0v) is 15.6. The van der Waals surface area contributed by atoms with Gasteiger partial charge >= 0.3 is 0 Å². The van der Waals surface area contributed by atoms with Crippen molar-refractivity contribution in [3.63, 3.8) is 0 Å². The number of rotatable bonds is 5. The second-order valence-corrected chi connectivity index (χ2v) is 6.50. The Labute approximate surface area is 154 Å². The van der Waals surface area contributed by atoms with E-state index in [0.29, 0.717) is 17.9 Å². The van der Waals surface area contributed by atoms with Gasteiger partial charge < -0.3 is 10.1 Å². The zero-order valence-electron chi connectivity index (χ0n) is 14.0. The maximum Gasteiger partial charge on any atom is 0.255 e. The summed E-state index contributed by atoms with van der Waals surface area (Å²) < 4.78 is 8.43. The van der Waals surface area contributed by atoms with Gasteiger partial charge in [-0.1, -0.05) is 24.3 Å². The molecule has 0 unspecified atom stereocenters. The van der Waals surface area contributed by atoms with E-state index in [-0.39, 0.29) is 5.91 Å². The molecule has 0 spiro atoms. The molecule has 2 aromatic carbocycles. The third-order valence-electron chi connectivity index (χ3n) is 3.90. The molecule has 1 aromatic heterocycles. The van der Waals surface area contributed by atoms with Crippen LogP contribution in [0.25, 0.3) is 0 Å². The van der Waals surface area contributed by atoms with Crippen molar-refractivity contribution in [2.45, 2.75) is 13.5 Å². The Morgan fingerprint density at radius 3 is 2.76 bits per heavy atom. The molecule has 1 heterocycles. The zero-order chi connectivity index (χ0) is 17.8. The molecule has 6 heteroatoms. The Morgan fingerprint density at radius 2 is 2.04 bits per heavy atom. The number of carbonyl (C=O) groups excluding carboxylic acids is 1. The van der Waals surface area contributed by atoms with Gasteiger partial charge in [0.2, 0.25) is 0 Å². The number of aryl methyl sites for hydroxylation is 1. The van der Waals surface area contributed by atoms with E-state index in [4.69, 9.17) is 4.74 Å². The van der Waals surface area contributed by atoms with Crippen molar-refractivity contribution in [2.75, 3.05) is 5.32 Å². The minimum atomic E-state index is -0.168. The van der Waals surface area contributed by atoms with Crippen LogP contribution in [0.3, 0.4) is 0 Å². The molecule has 0 saturated heterocycles. The van der Waals surface area contributed by atoms with Gasteiger partial charge in [-0.25, -0.2) is 0 Å². The van der Waals surface area contributed by atoms with Crippen molar-refractivity contribution < 1.29 is 9.53 Å². The van der Waals surface area contributed by atoms with Crippen LogP contribution in [0.2, 0.25) is 0 Å². The smallest absolute Gasteiger partial charge is 0.255 e. The van der Waals surface area contributed by atoms with Gasteiger partial charge in [-0.2, -0.15) is 5.10 Å². The number of aromatic nitrogens is 2. The van der Waals surface area contributed by atoms with Gasteiger partial charge in [-0.15, -0.1) is 0 Å². The van der Waals surface area contributed by atoms with Crippen molar-refractivity contribution in [2.24, 2.45) is 7.05 Å². The number of hydrogen-bond donors (Lipinski definition) is 1. The Morgan fingerprint density at radius 1 is 1.24 bits per heavy atom. The predicted molar refractivity (Wildman–Crippen MR) is 101 cm³/mol. The summed E-state index contributed by atoms with van der Waals surface area (Å²) in [6.45, 7) is 2.29. The lowest BCUT2D eigenvalue weighted by atomic mass is 10.1. The second kappa shape index (κ2) is 7.53. The number of anilines is 1. The molecule has 0 aliphatic carbocycles. The van der Waals surface area contributed by atoms with Gasteiger partial charge in [0.05, 0.1) is 22.1 Å². The van der Waals surface area contributed by atoms with Crippen LogP contribution < -0.4 is 10.1 Å². The highest BCUT2D eigenvalue weighted by atomic mass is 79.9. The first kappa shape index (κ1) is 17.2. The number of para-hydroxylation sites is 1. The van der Waals surface area contributed by atoms with Gasteiger partial charge in [0.1, 0.15) is 12.4 Å². The molecule has 0 saturated carbocycles. The molecule has 1 N–H and O–H groups in total. The minimum Gasteiger partial charge on any atom is -0.488 e. The molecule has 0 bridgehead atoms. The molecule has 25 heavy (non-hydrogen) atoms. The van der Waals surface area contributed by atoms with Crippen molar-refractivity contribution >= 4 is 27.5 Å². The first-order valence-corrected chi connectivity index (χ1v) is 8.60. The van der Waals surface area contributed by atoms with E-state index in [9.17, 15) is 4.79 Å². The summed E-state index contributed by atoms with van der Waals surface area (Å²) in [5.74, 6) is 0.599. The lowest BCUT2D eigenvalue weighted by Crippen LogP contribution is -2.13. The average Bonchev–Trinajstić information content (AvgIpc) is 2.93. The molecule has 0 aliphatic heterocycles. The highest BCUT2D eigenvalue weighted by Crippen LogP contribution is 2.24. The predicted octanol–water partition coefficient (Wildman–Crippen LogP) is 4.32. The summed E-state index contributed by atoms with van der Waals surface area (Å²) >= 11 is 3.46. The lowest BCUT2D eigenvalue weighted by molar-refractivity contribution is 0.102. The topological polar surface area (TPSA) is 56.1 Å². The number of amides is 1. The number of benzene rings is 2. The molecule has 0 radical (unpaired) electrons. The van der Waals surface area contributed by atoms with Gasteiger partial charge in [0, 0.05) is 12.6 Å². The molecule has 0 fully saturated rings. The van der Waals surface area contributed by atoms with Crippen LogP contribution in [0.4, 0.5) is 5.69 Å². The largest absolute Gasteiger partial charge is 0.488 e. The Bertz CT molecular complexity index is 905. The van der Waals surface area contributed by atoms with Crippen LogP contribution in [0.15, 0.2) is 59.2 Å². The fourth-order valence-corrected chi connectivity index (χ4v) is 2.74. The fourth-order valence-electron chi connectivity index (χ4n) is 2.34. The van der Waals surface area contributed by atoms with Crippen LogP contribution in [0, 0.1) is 6.92 Å². The van der Waals surface area contributed by atoms with Crippen LogP contribution in [-0.4, -0.2) is 15.7 Å². The van der Waals surface area contributed by atoms with E-state index in [1.807, 2.05) is 56.4 Å².